The molecule has 0 spiro atoms. The summed E-state index contributed by atoms with van der Waals surface area (Å²) in [6.07, 6.45) is 3.65. The lowest BCUT2D eigenvalue weighted by atomic mass is 10.3. The van der Waals surface area contributed by atoms with Crippen molar-refractivity contribution in [2.45, 2.75) is 0 Å². The number of nitrogens with two attached hydrogens (primary N) is 1. The molecule has 6 heteroatoms. The Hall–Kier alpha value is -2.37. The van der Waals surface area contributed by atoms with Gasteiger partial charge < -0.3 is 15.5 Å². The molecule has 0 aromatic rings. The largest absolute Gasteiger partial charge is 0.366 e. The van der Waals surface area contributed by atoms with Gasteiger partial charge in [0.2, 0.25) is 17.7 Å². The molecular weight excluding hydrogens is 246 g/mol. The number of nitrogens with zero attached hydrogens (tertiary/aromatic N) is 2. The lowest BCUT2D eigenvalue weighted by Crippen LogP contribution is -2.49. The maximum atomic E-state index is 11.2. The van der Waals surface area contributed by atoms with Crippen molar-refractivity contribution in [3.63, 3.8) is 0 Å². The van der Waals surface area contributed by atoms with Crippen LogP contribution < -0.4 is 5.73 Å². The number of piperazine rings is 1. The first kappa shape index (κ1) is 16.6. The van der Waals surface area contributed by atoms with E-state index in [1.807, 2.05) is 0 Å². The average molecular weight is 265 g/mol. The first-order valence-corrected chi connectivity index (χ1v) is 5.70. The third kappa shape index (κ3) is 6.21. The zero-order valence-corrected chi connectivity index (χ0v) is 10.9. The molecule has 1 saturated heterocycles. The molecule has 1 aliphatic heterocycles. The summed E-state index contributed by atoms with van der Waals surface area (Å²) in [4.78, 5) is 35.2. The summed E-state index contributed by atoms with van der Waals surface area (Å²) in [6, 6.07) is 0. The molecule has 6 nitrogen and oxygen atoms in total. The summed E-state index contributed by atoms with van der Waals surface area (Å²) < 4.78 is 0. The zero-order valence-electron chi connectivity index (χ0n) is 10.9. The highest BCUT2D eigenvalue weighted by molar-refractivity contribution is 5.88. The number of primary amides is 1. The van der Waals surface area contributed by atoms with Crippen LogP contribution in [0.2, 0.25) is 0 Å². The van der Waals surface area contributed by atoms with E-state index in [4.69, 9.17) is 0 Å². The summed E-state index contributed by atoms with van der Waals surface area (Å²) in [7, 11) is 0. The van der Waals surface area contributed by atoms with Crippen molar-refractivity contribution in [3.05, 3.63) is 38.0 Å². The van der Waals surface area contributed by atoms with Gasteiger partial charge >= 0.3 is 0 Å². The SMILES string of the molecule is C=CC(=O)N1CCN(C(=O)C=C)CC1.C=CC(N)=O. The monoisotopic (exact) mass is 265 g/mol. The van der Waals surface area contributed by atoms with Crippen LogP contribution in [0.4, 0.5) is 0 Å². The Morgan fingerprint density at radius 2 is 1.05 bits per heavy atom. The molecule has 0 radical (unpaired) electrons. The van der Waals surface area contributed by atoms with Crippen LogP contribution in [-0.4, -0.2) is 53.7 Å². The van der Waals surface area contributed by atoms with E-state index in [0.717, 1.165) is 6.08 Å². The van der Waals surface area contributed by atoms with Crippen LogP contribution in [0.25, 0.3) is 0 Å². The minimum Gasteiger partial charge on any atom is -0.366 e. The van der Waals surface area contributed by atoms with E-state index >= 15 is 0 Å². The molecule has 0 aliphatic carbocycles. The molecule has 1 aliphatic rings. The van der Waals surface area contributed by atoms with Gasteiger partial charge in [0.15, 0.2) is 0 Å². The van der Waals surface area contributed by atoms with Crippen molar-refractivity contribution in [2.75, 3.05) is 26.2 Å². The van der Waals surface area contributed by atoms with E-state index in [1.165, 1.54) is 12.2 Å². The second kappa shape index (κ2) is 8.68. The van der Waals surface area contributed by atoms with E-state index in [-0.39, 0.29) is 11.8 Å². The minimum atomic E-state index is -0.481. The van der Waals surface area contributed by atoms with Crippen LogP contribution in [-0.2, 0) is 14.4 Å². The van der Waals surface area contributed by atoms with Crippen LogP contribution in [0.3, 0.4) is 0 Å². The molecule has 1 rings (SSSR count). The predicted octanol–water partition coefficient (Wildman–Crippen LogP) is -0.313. The van der Waals surface area contributed by atoms with Crippen molar-refractivity contribution >= 4 is 17.7 Å². The predicted molar refractivity (Wildman–Crippen MR) is 72.9 cm³/mol. The topological polar surface area (TPSA) is 83.7 Å². The van der Waals surface area contributed by atoms with Gasteiger partial charge in [-0.3, -0.25) is 14.4 Å². The van der Waals surface area contributed by atoms with Gasteiger partial charge in [-0.1, -0.05) is 19.7 Å². The van der Waals surface area contributed by atoms with E-state index in [0.29, 0.717) is 26.2 Å². The number of hydrogen-bond acceptors (Lipinski definition) is 3. The molecule has 1 heterocycles. The molecule has 2 N–H and O–H groups in total. The van der Waals surface area contributed by atoms with Crippen molar-refractivity contribution in [2.24, 2.45) is 5.73 Å². The van der Waals surface area contributed by atoms with Crippen LogP contribution >= 0.6 is 0 Å². The Morgan fingerprint density at radius 1 is 0.789 bits per heavy atom. The Balaban J connectivity index is 0.000000555. The normalized spacial score (nSPS) is 13.7. The van der Waals surface area contributed by atoms with Gasteiger partial charge in [-0.05, 0) is 18.2 Å². The molecule has 3 amide bonds. The quantitative estimate of drug-likeness (QED) is 0.710. The second-order valence-corrected chi connectivity index (χ2v) is 3.67. The molecule has 1 fully saturated rings. The van der Waals surface area contributed by atoms with Crippen molar-refractivity contribution in [1.82, 2.24) is 9.80 Å². The summed E-state index contributed by atoms with van der Waals surface area (Å²) >= 11 is 0. The fraction of sp³-hybridized carbons (Fsp3) is 0.308. The standard InChI is InChI=1S/C10H14N2O2.C3H5NO/c1-3-9(13)11-5-7-12(8-6-11)10(14)4-2;1-2-3(4)5/h3-4H,1-2,5-8H2;2H,1H2,(H2,4,5). The third-order valence-corrected chi connectivity index (χ3v) is 2.45. The number of rotatable bonds is 3. The average Bonchev–Trinajstić information content (AvgIpc) is 2.46. The summed E-state index contributed by atoms with van der Waals surface area (Å²) in [6.45, 7) is 12.2. The molecule has 19 heavy (non-hydrogen) atoms. The van der Waals surface area contributed by atoms with Crippen LogP contribution in [0.15, 0.2) is 38.0 Å². The number of carbonyl (C=O) groups excluding carboxylic acids is 3. The Labute approximate surface area is 112 Å². The molecule has 0 aromatic heterocycles. The molecule has 0 atom stereocenters. The summed E-state index contributed by atoms with van der Waals surface area (Å²) in [5, 5.41) is 0. The van der Waals surface area contributed by atoms with E-state index in [2.05, 4.69) is 25.5 Å². The van der Waals surface area contributed by atoms with Gasteiger partial charge in [-0.2, -0.15) is 0 Å². The van der Waals surface area contributed by atoms with Gasteiger partial charge in [-0.15, -0.1) is 0 Å². The number of carbonyl (C=O) groups is 3. The van der Waals surface area contributed by atoms with Gasteiger partial charge in [0.25, 0.3) is 0 Å². The second-order valence-electron chi connectivity index (χ2n) is 3.67. The molecule has 104 valence electrons. The first-order chi connectivity index (χ1) is 8.96. The summed E-state index contributed by atoms with van der Waals surface area (Å²) in [5.74, 6) is -0.628. The van der Waals surface area contributed by atoms with Gasteiger partial charge in [0.05, 0.1) is 0 Å². The molecule has 0 unspecified atom stereocenters. The zero-order chi connectivity index (χ0) is 14.8. The Bertz CT molecular complexity index is 355. The minimum absolute atomic E-state index is 0.0734. The Morgan fingerprint density at radius 3 is 1.21 bits per heavy atom. The first-order valence-electron chi connectivity index (χ1n) is 5.70. The molecular formula is C13H19N3O3. The maximum absolute atomic E-state index is 11.2. The lowest BCUT2D eigenvalue weighted by Gasteiger charge is -2.33. The lowest BCUT2D eigenvalue weighted by molar-refractivity contribution is -0.134. The van der Waals surface area contributed by atoms with Gasteiger partial charge in [-0.25, -0.2) is 0 Å². The maximum Gasteiger partial charge on any atom is 0.246 e. The highest BCUT2D eigenvalue weighted by atomic mass is 16.2. The fourth-order valence-corrected chi connectivity index (χ4v) is 1.41. The van der Waals surface area contributed by atoms with E-state index < -0.39 is 5.91 Å². The Kier molecular flexibility index (Phi) is 7.60. The van der Waals surface area contributed by atoms with E-state index in [1.54, 1.807) is 9.80 Å². The van der Waals surface area contributed by atoms with Crippen LogP contribution in [0.1, 0.15) is 0 Å². The van der Waals surface area contributed by atoms with E-state index in [9.17, 15) is 14.4 Å². The highest BCUT2D eigenvalue weighted by Crippen LogP contribution is 2.02. The van der Waals surface area contributed by atoms with Gasteiger partial charge in [0.1, 0.15) is 0 Å². The van der Waals surface area contributed by atoms with Crippen molar-refractivity contribution < 1.29 is 14.4 Å². The fourth-order valence-electron chi connectivity index (χ4n) is 1.41. The molecule has 0 aromatic carbocycles. The third-order valence-electron chi connectivity index (χ3n) is 2.45. The highest BCUT2D eigenvalue weighted by Gasteiger charge is 2.20. The summed E-state index contributed by atoms with van der Waals surface area (Å²) in [5.41, 5.74) is 4.53. The smallest absolute Gasteiger partial charge is 0.246 e. The van der Waals surface area contributed by atoms with Gasteiger partial charge in [0, 0.05) is 26.2 Å². The number of amides is 3. The number of hydrogen-bond donors (Lipinski definition) is 1. The molecule has 0 saturated carbocycles. The molecule has 0 bridgehead atoms. The van der Waals surface area contributed by atoms with Crippen LogP contribution in [0, 0.1) is 0 Å². The van der Waals surface area contributed by atoms with Crippen LogP contribution in [0.5, 0.6) is 0 Å². The van der Waals surface area contributed by atoms with Crippen molar-refractivity contribution in [1.29, 1.82) is 0 Å². The van der Waals surface area contributed by atoms with Crippen molar-refractivity contribution in [3.8, 4) is 0 Å².